The lowest BCUT2D eigenvalue weighted by Gasteiger charge is -2.15. The molecule has 1 aromatic carbocycles. The summed E-state index contributed by atoms with van der Waals surface area (Å²) in [5.74, 6) is 0. The molecular weight excluding hydrogens is 160 g/mol. The second kappa shape index (κ2) is 5.73. The zero-order valence-corrected chi connectivity index (χ0v) is 8.16. The highest BCUT2D eigenvalue weighted by molar-refractivity contribution is 5.15. The summed E-state index contributed by atoms with van der Waals surface area (Å²) in [5, 5.41) is 3.36. The van der Waals surface area contributed by atoms with Crippen molar-refractivity contribution < 1.29 is 0 Å². The van der Waals surface area contributed by atoms with Gasteiger partial charge in [0.05, 0.1) is 0 Å². The van der Waals surface area contributed by atoms with E-state index >= 15 is 0 Å². The van der Waals surface area contributed by atoms with Crippen molar-refractivity contribution in [2.45, 2.75) is 19.4 Å². The Morgan fingerprint density at radius 2 is 2.00 bits per heavy atom. The van der Waals surface area contributed by atoms with Gasteiger partial charge in [0.25, 0.3) is 0 Å². The lowest BCUT2D eigenvalue weighted by molar-refractivity contribution is 0.533. The van der Waals surface area contributed by atoms with Gasteiger partial charge in [0.15, 0.2) is 0 Å². The Morgan fingerprint density at radius 3 is 2.54 bits per heavy atom. The van der Waals surface area contributed by atoms with Crippen LogP contribution in [0.5, 0.6) is 0 Å². The first-order valence-corrected chi connectivity index (χ1v) is 4.84. The molecule has 0 saturated heterocycles. The van der Waals surface area contributed by atoms with Crippen molar-refractivity contribution in [1.82, 2.24) is 5.32 Å². The van der Waals surface area contributed by atoms with Crippen LogP contribution in [0.2, 0.25) is 0 Å². The van der Waals surface area contributed by atoms with Gasteiger partial charge in [-0.2, -0.15) is 0 Å². The van der Waals surface area contributed by atoms with E-state index in [0.717, 1.165) is 13.0 Å². The number of likely N-dealkylation sites (N-methyl/N-ethyl adjacent to an activating group) is 1. The molecule has 1 rings (SSSR count). The molecule has 0 saturated carbocycles. The van der Waals surface area contributed by atoms with E-state index in [2.05, 4.69) is 36.5 Å². The van der Waals surface area contributed by atoms with Gasteiger partial charge in [-0.25, -0.2) is 0 Å². The molecule has 0 fully saturated rings. The molecule has 0 heterocycles. The van der Waals surface area contributed by atoms with Crippen LogP contribution in [-0.2, 0) is 6.42 Å². The maximum absolute atomic E-state index is 5.64. The van der Waals surface area contributed by atoms with E-state index in [4.69, 9.17) is 5.73 Å². The second-order valence-corrected chi connectivity index (χ2v) is 3.18. The average molecular weight is 178 g/mol. The third-order valence-corrected chi connectivity index (χ3v) is 2.10. The summed E-state index contributed by atoms with van der Waals surface area (Å²) in [6.45, 7) is 3.78. The van der Waals surface area contributed by atoms with Crippen LogP contribution in [0.1, 0.15) is 12.5 Å². The van der Waals surface area contributed by atoms with Crippen molar-refractivity contribution in [3.8, 4) is 0 Å². The number of rotatable bonds is 5. The lowest BCUT2D eigenvalue weighted by atomic mass is 10.1. The van der Waals surface area contributed by atoms with Crippen molar-refractivity contribution >= 4 is 0 Å². The van der Waals surface area contributed by atoms with Crippen molar-refractivity contribution in [3.63, 3.8) is 0 Å². The summed E-state index contributed by atoms with van der Waals surface area (Å²) < 4.78 is 0. The highest BCUT2D eigenvalue weighted by Gasteiger charge is 2.04. The minimum absolute atomic E-state index is 0.410. The summed E-state index contributed by atoms with van der Waals surface area (Å²) >= 11 is 0. The van der Waals surface area contributed by atoms with Crippen molar-refractivity contribution in [2.24, 2.45) is 5.73 Å². The molecular formula is C11H18N2. The molecule has 0 aliphatic heterocycles. The van der Waals surface area contributed by atoms with Gasteiger partial charge in [0, 0.05) is 12.6 Å². The molecule has 0 spiro atoms. The molecule has 0 unspecified atom stereocenters. The molecule has 0 radical (unpaired) electrons. The van der Waals surface area contributed by atoms with E-state index in [1.807, 2.05) is 6.07 Å². The Hall–Kier alpha value is -0.860. The molecule has 13 heavy (non-hydrogen) atoms. The van der Waals surface area contributed by atoms with Gasteiger partial charge in [-0.05, 0) is 18.5 Å². The third kappa shape index (κ3) is 3.57. The largest absolute Gasteiger partial charge is 0.329 e. The number of benzene rings is 1. The van der Waals surface area contributed by atoms with Crippen molar-refractivity contribution in [1.29, 1.82) is 0 Å². The van der Waals surface area contributed by atoms with Crippen LogP contribution in [0.3, 0.4) is 0 Å². The highest BCUT2D eigenvalue weighted by Crippen LogP contribution is 2.01. The fourth-order valence-corrected chi connectivity index (χ4v) is 1.43. The van der Waals surface area contributed by atoms with Crippen molar-refractivity contribution in [2.75, 3.05) is 13.1 Å². The minimum atomic E-state index is 0.410. The molecule has 2 heteroatoms. The summed E-state index contributed by atoms with van der Waals surface area (Å²) in [6.07, 6.45) is 1.02. The Bertz CT molecular complexity index is 221. The van der Waals surface area contributed by atoms with E-state index in [0.29, 0.717) is 12.6 Å². The smallest absolute Gasteiger partial charge is 0.0230 e. The van der Waals surface area contributed by atoms with Crippen LogP contribution in [0.25, 0.3) is 0 Å². The molecule has 3 N–H and O–H groups in total. The maximum Gasteiger partial charge on any atom is 0.0230 e. The molecule has 72 valence electrons. The topological polar surface area (TPSA) is 38.0 Å². The van der Waals surface area contributed by atoms with Crippen LogP contribution in [0, 0.1) is 0 Å². The quantitative estimate of drug-likeness (QED) is 0.710. The first-order chi connectivity index (χ1) is 6.36. The van der Waals surface area contributed by atoms with Crippen LogP contribution >= 0.6 is 0 Å². The third-order valence-electron chi connectivity index (χ3n) is 2.10. The fraction of sp³-hybridized carbons (Fsp3) is 0.455. The molecule has 2 nitrogen and oxygen atoms in total. The predicted molar refractivity (Wildman–Crippen MR) is 56.7 cm³/mol. The summed E-state index contributed by atoms with van der Waals surface area (Å²) in [5.41, 5.74) is 6.99. The highest BCUT2D eigenvalue weighted by atomic mass is 14.9. The van der Waals surface area contributed by atoms with Gasteiger partial charge in [-0.15, -0.1) is 0 Å². The van der Waals surface area contributed by atoms with Crippen LogP contribution < -0.4 is 11.1 Å². The minimum Gasteiger partial charge on any atom is -0.329 e. The summed E-state index contributed by atoms with van der Waals surface area (Å²) in [6, 6.07) is 10.9. The van der Waals surface area contributed by atoms with Gasteiger partial charge in [0.1, 0.15) is 0 Å². The SMILES string of the molecule is CCN[C@H](CN)Cc1ccccc1. The van der Waals surface area contributed by atoms with E-state index in [1.54, 1.807) is 0 Å². The first kappa shape index (κ1) is 10.2. The standard InChI is InChI=1S/C11H18N2/c1-2-13-11(9-12)8-10-6-4-3-5-7-10/h3-7,11,13H,2,8-9,12H2,1H3/t11-/m0/s1. The molecule has 1 atom stereocenters. The second-order valence-electron chi connectivity index (χ2n) is 3.18. The van der Waals surface area contributed by atoms with E-state index in [1.165, 1.54) is 5.56 Å². The summed E-state index contributed by atoms with van der Waals surface area (Å²) in [7, 11) is 0. The average Bonchev–Trinajstić information content (AvgIpc) is 2.19. The van der Waals surface area contributed by atoms with E-state index in [-0.39, 0.29) is 0 Å². The van der Waals surface area contributed by atoms with Crippen LogP contribution in [0.15, 0.2) is 30.3 Å². The van der Waals surface area contributed by atoms with Gasteiger partial charge < -0.3 is 11.1 Å². The predicted octanol–water partition coefficient (Wildman–Crippen LogP) is 1.17. The molecule has 0 aromatic heterocycles. The lowest BCUT2D eigenvalue weighted by Crippen LogP contribution is -2.37. The molecule has 0 aliphatic carbocycles. The summed E-state index contributed by atoms with van der Waals surface area (Å²) in [4.78, 5) is 0. The van der Waals surface area contributed by atoms with Gasteiger partial charge in [-0.1, -0.05) is 37.3 Å². The van der Waals surface area contributed by atoms with Crippen LogP contribution in [-0.4, -0.2) is 19.1 Å². The molecule has 0 bridgehead atoms. The zero-order valence-electron chi connectivity index (χ0n) is 8.16. The monoisotopic (exact) mass is 178 g/mol. The zero-order chi connectivity index (χ0) is 9.52. The Labute approximate surface area is 80.1 Å². The van der Waals surface area contributed by atoms with Gasteiger partial charge in [-0.3, -0.25) is 0 Å². The van der Waals surface area contributed by atoms with E-state index in [9.17, 15) is 0 Å². The van der Waals surface area contributed by atoms with Crippen molar-refractivity contribution in [3.05, 3.63) is 35.9 Å². The normalized spacial score (nSPS) is 12.8. The number of nitrogens with two attached hydrogens (primary N) is 1. The number of hydrogen-bond acceptors (Lipinski definition) is 2. The molecule has 0 amide bonds. The fourth-order valence-electron chi connectivity index (χ4n) is 1.43. The van der Waals surface area contributed by atoms with E-state index < -0.39 is 0 Å². The van der Waals surface area contributed by atoms with Gasteiger partial charge >= 0.3 is 0 Å². The molecule has 0 aliphatic rings. The number of hydrogen-bond donors (Lipinski definition) is 2. The Kier molecular flexibility index (Phi) is 4.50. The Balaban J connectivity index is 2.46. The van der Waals surface area contributed by atoms with Crippen LogP contribution in [0.4, 0.5) is 0 Å². The molecule has 1 aromatic rings. The Morgan fingerprint density at radius 1 is 1.31 bits per heavy atom. The van der Waals surface area contributed by atoms with Gasteiger partial charge in [0.2, 0.25) is 0 Å². The number of nitrogens with one attached hydrogen (secondary N) is 1. The first-order valence-electron chi connectivity index (χ1n) is 4.84. The maximum atomic E-state index is 5.64.